The van der Waals surface area contributed by atoms with E-state index >= 15 is 0 Å². The van der Waals surface area contributed by atoms with Crippen LogP contribution in [-0.2, 0) is 21.3 Å². The molecular formula is C19H24N2O5S. The highest BCUT2D eigenvalue weighted by molar-refractivity contribution is 7.89. The molecule has 2 aromatic rings. The Hall–Kier alpha value is -2.42. The molecule has 8 heteroatoms. The molecule has 7 nitrogen and oxygen atoms in total. The lowest BCUT2D eigenvalue weighted by atomic mass is 10.2. The molecule has 0 radical (unpaired) electrons. The van der Waals surface area contributed by atoms with Gasteiger partial charge in [0.25, 0.3) is 5.91 Å². The van der Waals surface area contributed by atoms with Gasteiger partial charge >= 0.3 is 0 Å². The van der Waals surface area contributed by atoms with Crippen LogP contribution in [0.3, 0.4) is 0 Å². The van der Waals surface area contributed by atoms with Gasteiger partial charge < -0.3 is 14.8 Å². The minimum atomic E-state index is -3.67. The molecule has 2 N–H and O–H groups in total. The summed E-state index contributed by atoms with van der Waals surface area (Å²) in [6.45, 7) is 1.22. The first-order valence-corrected chi connectivity index (χ1v) is 9.94. The van der Waals surface area contributed by atoms with Crippen molar-refractivity contribution in [1.29, 1.82) is 0 Å². The molecule has 0 aliphatic heterocycles. The van der Waals surface area contributed by atoms with Crippen LogP contribution in [0.1, 0.15) is 22.3 Å². The van der Waals surface area contributed by atoms with E-state index in [1.54, 1.807) is 38.5 Å². The van der Waals surface area contributed by atoms with Gasteiger partial charge in [0, 0.05) is 32.4 Å². The summed E-state index contributed by atoms with van der Waals surface area (Å²) in [5, 5.41) is 2.75. The summed E-state index contributed by atoms with van der Waals surface area (Å²) >= 11 is 0. The lowest BCUT2D eigenvalue weighted by Crippen LogP contribution is -2.26. The fraction of sp³-hybridized carbons (Fsp3) is 0.316. The van der Waals surface area contributed by atoms with Gasteiger partial charge in [-0.25, -0.2) is 13.1 Å². The van der Waals surface area contributed by atoms with Crippen LogP contribution in [0.2, 0.25) is 0 Å². The Morgan fingerprint density at radius 3 is 2.26 bits per heavy atom. The predicted octanol–water partition coefficient (Wildman–Crippen LogP) is 1.94. The van der Waals surface area contributed by atoms with Crippen LogP contribution in [0.15, 0.2) is 53.4 Å². The number of carbonyl (C=O) groups excluding carboxylic acids is 1. The SMILES string of the molecule is COCCCNC(=O)c1ccc(S(=O)(=O)NCc2ccc(OC)cc2)cc1. The number of benzene rings is 2. The van der Waals surface area contributed by atoms with Gasteiger partial charge in [0.15, 0.2) is 0 Å². The van der Waals surface area contributed by atoms with E-state index in [2.05, 4.69) is 10.0 Å². The first-order valence-electron chi connectivity index (χ1n) is 8.46. The van der Waals surface area contributed by atoms with E-state index in [-0.39, 0.29) is 17.3 Å². The zero-order valence-corrected chi connectivity index (χ0v) is 16.2. The molecule has 0 aliphatic rings. The van der Waals surface area contributed by atoms with Crippen molar-refractivity contribution >= 4 is 15.9 Å². The third kappa shape index (κ3) is 6.35. The normalized spacial score (nSPS) is 11.2. The van der Waals surface area contributed by atoms with Crippen LogP contribution in [0.25, 0.3) is 0 Å². The fourth-order valence-corrected chi connectivity index (χ4v) is 3.33. The lowest BCUT2D eigenvalue weighted by Gasteiger charge is -2.09. The van der Waals surface area contributed by atoms with Gasteiger partial charge in [0.1, 0.15) is 5.75 Å². The number of hydrogen-bond acceptors (Lipinski definition) is 5. The molecule has 0 saturated heterocycles. The van der Waals surface area contributed by atoms with E-state index in [0.29, 0.717) is 30.9 Å². The van der Waals surface area contributed by atoms with E-state index in [9.17, 15) is 13.2 Å². The molecule has 146 valence electrons. The number of hydrogen-bond donors (Lipinski definition) is 2. The van der Waals surface area contributed by atoms with E-state index in [0.717, 1.165) is 5.56 Å². The van der Waals surface area contributed by atoms with E-state index in [4.69, 9.17) is 9.47 Å². The molecule has 27 heavy (non-hydrogen) atoms. The van der Waals surface area contributed by atoms with Crippen molar-refractivity contribution in [3.63, 3.8) is 0 Å². The first-order chi connectivity index (χ1) is 13.0. The molecule has 2 aromatic carbocycles. The molecule has 1 amide bonds. The average molecular weight is 392 g/mol. The summed E-state index contributed by atoms with van der Waals surface area (Å²) in [5.41, 5.74) is 1.22. The molecule has 0 atom stereocenters. The predicted molar refractivity (Wildman–Crippen MR) is 102 cm³/mol. The summed E-state index contributed by atoms with van der Waals surface area (Å²) in [6, 6.07) is 12.9. The molecule has 0 aliphatic carbocycles. The second kappa shape index (κ2) is 10.1. The van der Waals surface area contributed by atoms with Gasteiger partial charge in [-0.3, -0.25) is 4.79 Å². The number of nitrogens with one attached hydrogen (secondary N) is 2. The van der Waals surface area contributed by atoms with Crippen LogP contribution in [-0.4, -0.2) is 41.7 Å². The Kier molecular flexibility index (Phi) is 7.78. The molecule has 0 fully saturated rings. The third-order valence-electron chi connectivity index (χ3n) is 3.86. The van der Waals surface area contributed by atoms with Crippen molar-refractivity contribution in [2.75, 3.05) is 27.4 Å². The maximum atomic E-state index is 12.4. The Morgan fingerprint density at radius 1 is 1.00 bits per heavy atom. The number of methoxy groups -OCH3 is 2. The third-order valence-corrected chi connectivity index (χ3v) is 5.28. The topological polar surface area (TPSA) is 93.7 Å². The Balaban J connectivity index is 1.94. The summed E-state index contributed by atoms with van der Waals surface area (Å²) in [6.07, 6.45) is 0.712. The minimum Gasteiger partial charge on any atom is -0.497 e. The van der Waals surface area contributed by atoms with E-state index in [1.165, 1.54) is 24.3 Å². The van der Waals surface area contributed by atoms with Gasteiger partial charge in [0.2, 0.25) is 10.0 Å². The largest absolute Gasteiger partial charge is 0.497 e. The number of amides is 1. The molecule has 0 aromatic heterocycles. The van der Waals surface area contributed by atoms with Crippen molar-refractivity contribution in [3.05, 3.63) is 59.7 Å². The van der Waals surface area contributed by atoms with E-state index in [1.807, 2.05) is 0 Å². The zero-order valence-electron chi connectivity index (χ0n) is 15.4. The number of ether oxygens (including phenoxy) is 2. The van der Waals surface area contributed by atoms with Crippen molar-refractivity contribution < 1.29 is 22.7 Å². The van der Waals surface area contributed by atoms with Crippen molar-refractivity contribution in [2.24, 2.45) is 0 Å². The molecule has 0 bridgehead atoms. The van der Waals surface area contributed by atoms with Crippen molar-refractivity contribution in [3.8, 4) is 5.75 Å². The Morgan fingerprint density at radius 2 is 1.67 bits per heavy atom. The van der Waals surface area contributed by atoms with Gasteiger partial charge in [-0.2, -0.15) is 0 Å². The van der Waals surface area contributed by atoms with Crippen molar-refractivity contribution in [2.45, 2.75) is 17.9 Å². The average Bonchev–Trinajstić information content (AvgIpc) is 2.70. The van der Waals surface area contributed by atoms with Gasteiger partial charge in [-0.05, 0) is 48.4 Å². The number of rotatable bonds is 10. The highest BCUT2D eigenvalue weighted by atomic mass is 32.2. The van der Waals surface area contributed by atoms with Crippen LogP contribution in [0.5, 0.6) is 5.75 Å². The second-order valence-electron chi connectivity index (χ2n) is 5.80. The molecule has 0 spiro atoms. The molecule has 0 unspecified atom stereocenters. The fourth-order valence-electron chi connectivity index (χ4n) is 2.31. The van der Waals surface area contributed by atoms with E-state index < -0.39 is 10.0 Å². The van der Waals surface area contributed by atoms with Crippen LogP contribution < -0.4 is 14.8 Å². The minimum absolute atomic E-state index is 0.104. The highest BCUT2D eigenvalue weighted by Gasteiger charge is 2.14. The smallest absolute Gasteiger partial charge is 0.251 e. The Bertz CT molecular complexity index is 833. The lowest BCUT2D eigenvalue weighted by molar-refractivity contribution is 0.0948. The van der Waals surface area contributed by atoms with Gasteiger partial charge in [-0.15, -0.1) is 0 Å². The summed E-state index contributed by atoms with van der Waals surface area (Å²) < 4.78 is 37.3. The summed E-state index contributed by atoms with van der Waals surface area (Å²) in [5.74, 6) is 0.457. The second-order valence-corrected chi connectivity index (χ2v) is 7.57. The van der Waals surface area contributed by atoms with Crippen LogP contribution in [0.4, 0.5) is 0 Å². The van der Waals surface area contributed by atoms with Gasteiger partial charge in [-0.1, -0.05) is 12.1 Å². The van der Waals surface area contributed by atoms with Gasteiger partial charge in [0.05, 0.1) is 12.0 Å². The van der Waals surface area contributed by atoms with Crippen LogP contribution in [0, 0.1) is 0 Å². The molecule has 0 saturated carbocycles. The maximum absolute atomic E-state index is 12.4. The molecular weight excluding hydrogens is 368 g/mol. The number of sulfonamides is 1. The van der Waals surface area contributed by atoms with Crippen molar-refractivity contribution in [1.82, 2.24) is 10.0 Å². The quantitative estimate of drug-likeness (QED) is 0.603. The Labute approximate surface area is 159 Å². The summed E-state index contributed by atoms with van der Waals surface area (Å²) in [7, 11) is -0.499. The van der Waals surface area contributed by atoms with Crippen LogP contribution >= 0.6 is 0 Å². The first kappa shape index (κ1) is 20.9. The maximum Gasteiger partial charge on any atom is 0.251 e. The monoisotopic (exact) mass is 392 g/mol. The summed E-state index contributed by atoms with van der Waals surface area (Å²) in [4.78, 5) is 12.1. The molecule has 2 rings (SSSR count). The number of carbonyl (C=O) groups is 1. The standard InChI is InChI=1S/C19H24N2O5S/c1-25-13-3-12-20-19(22)16-6-10-18(11-7-16)27(23,24)21-14-15-4-8-17(26-2)9-5-15/h4-11,21H,3,12-14H2,1-2H3,(H,20,22). The highest BCUT2D eigenvalue weighted by Crippen LogP contribution is 2.14. The molecule has 0 heterocycles. The zero-order chi connectivity index (χ0) is 19.7.